The van der Waals surface area contributed by atoms with Gasteiger partial charge in [-0.3, -0.25) is 4.79 Å². The van der Waals surface area contributed by atoms with E-state index in [0.717, 1.165) is 11.3 Å². The molecule has 3 heterocycles. The minimum atomic E-state index is -0.665. The fraction of sp³-hybridized carbons (Fsp3) is 0.261. The average molecular weight is 514 g/mol. The van der Waals surface area contributed by atoms with E-state index >= 15 is 4.39 Å². The lowest BCUT2D eigenvalue weighted by atomic mass is 9.95. The number of rotatable bonds is 4. The normalized spacial score (nSPS) is 14.4. The summed E-state index contributed by atoms with van der Waals surface area (Å²) in [4.78, 5) is 26.9. The number of hydrogen-bond donors (Lipinski definition) is 2. The minimum absolute atomic E-state index is 0.0242. The Bertz CT molecular complexity index is 1510. The number of nitrogens with one attached hydrogen (secondary N) is 1. The summed E-state index contributed by atoms with van der Waals surface area (Å²) in [5, 5.41) is 12.0. The molecule has 1 aliphatic rings. The number of nitrogen functional groups attached to an aromatic ring is 1. The summed E-state index contributed by atoms with van der Waals surface area (Å²) in [5.74, 6) is -0.997. The van der Waals surface area contributed by atoms with Crippen LogP contribution in [0.25, 0.3) is 32.2 Å². The van der Waals surface area contributed by atoms with Gasteiger partial charge in [-0.05, 0) is 31.0 Å². The van der Waals surface area contributed by atoms with Crippen molar-refractivity contribution >= 4 is 60.9 Å². The second kappa shape index (κ2) is 9.20. The monoisotopic (exact) mass is 513 g/mol. The number of nitriles is 1. The molecule has 4 aromatic rings. The van der Waals surface area contributed by atoms with Crippen LogP contribution in [0.4, 0.5) is 19.7 Å². The molecule has 1 aliphatic heterocycles. The van der Waals surface area contributed by atoms with Gasteiger partial charge < -0.3 is 16.0 Å². The predicted molar refractivity (Wildman–Crippen MR) is 131 cm³/mol. The summed E-state index contributed by atoms with van der Waals surface area (Å²) in [6.45, 7) is 1.02. The molecule has 1 fully saturated rings. The largest absolute Gasteiger partial charge is 0.375 e. The number of carbonyl (C=O) groups excluding carboxylic acids is 1. The number of amides is 1. The number of thiazole rings is 1. The molecule has 178 valence electrons. The van der Waals surface area contributed by atoms with E-state index in [2.05, 4.69) is 20.3 Å². The van der Waals surface area contributed by atoms with Gasteiger partial charge in [0.25, 0.3) is 0 Å². The number of nitrogens with zero attached hydrogens (tertiary/aromatic N) is 5. The first-order valence-corrected chi connectivity index (χ1v) is 12.0. The molecule has 3 N–H and O–H groups in total. The predicted octanol–water partition coefficient (Wildman–Crippen LogP) is 4.28. The molecular weight excluding hydrogens is 496 g/mol. The molecule has 8 nitrogen and oxygen atoms in total. The fourth-order valence-corrected chi connectivity index (χ4v) is 5.49. The molecule has 1 amide bonds. The van der Waals surface area contributed by atoms with Crippen molar-refractivity contribution < 1.29 is 13.6 Å². The lowest BCUT2D eigenvalue weighted by Gasteiger charge is -2.32. The third-order valence-electron chi connectivity index (χ3n) is 6.09. The Morgan fingerprint density at radius 3 is 2.80 bits per heavy atom. The van der Waals surface area contributed by atoms with Gasteiger partial charge in [0.05, 0.1) is 21.3 Å². The Hall–Kier alpha value is -3.62. The molecule has 0 radical (unpaired) electrons. The molecular formula is C23H18ClF2N7OS. The quantitative estimate of drug-likeness (QED) is 0.391. The van der Waals surface area contributed by atoms with Crippen LogP contribution in [0.3, 0.4) is 0 Å². The zero-order valence-electron chi connectivity index (χ0n) is 18.2. The summed E-state index contributed by atoms with van der Waals surface area (Å²) < 4.78 is 30.4. The third kappa shape index (κ3) is 4.09. The highest BCUT2D eigenvalue weighted by Gasteiger charge is 2.28. The van der Waals surface area contributed by atoms with E-state index in [-0.39, 0.29) is 49.8 Å². The number of aromatic nitrogens is 3. The Morgan fingerprint density at radius 1 is 1.29 bits per heavy atom. The lowest BCUT2D eigenvalue weighted by Crippen LogP contribution is -2.41. The molecule has 1 saturated heterocycles. The van der Waals surface area contributed by atoms with Gasteiger partial charge in [0.2, 0.25) is 5.91 Å². The van der Waals surface area contributed by atoms with Gasteiger partial charge in [0.15, 0.2) is 10.9 Å². The molecule has 2 aromatic heterocycles. The number of benzene rings is 2. The van der Waals surface area contributed by atoms with Crippen molar-refractivity contribution in [1.29, 1.82) is 5.26 Å². The third-order valence-corrected chi connectivity index (χ3v) is 7.28. The summed E-state index contributed by atoms with van der Waals surface area (Å²) in [5.41, 5.74) is 6.47. The summed E-state index contributed by atoms with van der Waals surface area (Å²) in [7, 11) is 0. The number of halogens is 3. The maximum atomic E-state index is 15.9. The summed E-state index contributed by atoms with van der Waals surface area (Å²) in [6.07, 6.45) is 2.41. The van der Waals surface area contributed by atoms with Crippen LogP contribution in [0.15, 0.2) is 24.5 Å². The summed E-state index contributed by atoms with van der Waals surface area (Å²) in [6, 6.07) is 6.16. The van der Waals surface area contributed by atoms with Crippen LogP contribution in [0.2, 0.25) is 5.02 Å². The van der Waals surface area contributed by atoms with Crippen molar-refractivity contribution in [2.45, 2.75) is 12.8 Å². The first kappa shape index (κ1) is 23.1. The van der Waals surface area contributed by atoms with Crippen molar-refractivity contribution in [3.63, 3.8) is 0 Å². The number of anilines is 2. The first-order chi connectivity index (χ1) is 16.9. The van der Waals surface area contributed by atoms with Crippen molar-refractivity contribution in [2.75, 3.05) is 30.3 Å². The maximum Gasteiger partial charge on any atom is 0.224 e. The zero-order chi connectivity index (χ0) is 24.7. The van der Waals surface area contributed by atoms with Crippen molar-refractivity contribution in [3.05, 3.63) is 41.2 Å². The van der Waals surface area contributed by atoms with E-state index in [4.69, 9.17) is 22.6 Å². The number of nitrogens with two attached hydrogens (primary N) is 1. The molecule has 35 heavy (non-hydrogen) atoms. The van der Waals surface area contributed by atoms with Crippen LogP contribution in [0, 0.1) is 28.9 Å². The van der Waals surface area contributed by atoms with E-state index < -0.39 is 11.6 Å². The molecule has 0 spiro atoms. The smallest absolute Gasteiger partial charge is 0.224 e. The Labute approximate surface area is 207 Å². The number of fused-ring (bicyclic) bond motifs is 2. The lowest BCUT2D eigenvalue weighted by molar-refractivity contribution is -0.125. The molecule has 5 rings (SSSR count). The highest BCUT2D eigenvalue weighted by atomic mass is 35.5. The second-order valence-electron chi connectivity index (χ2n) is 8.10. The van der Waals surface area contributed by atoms with Gasteiger partial charge >= 0.3 is 0 Å². The second-order valence-corrected chi connectivity index (χ2v) is 9.54. The average Bonchev–Trinajstić information content (AvgIpc) is 3.26. The minimum Gasteiger partial charge on any atom is -0.375 e. The van der Waals surface area contributed by atoms with Crippen LogP contribution >= 0.6 is 22.9 Å². The number of piperidine rings is 1. The van der Waals surface area contributed by atoms with Crippen molar-refractivity contribution in [2.24, 2.45) is 5.92 Å². The van der Waals surface area contributed by atoms with Crippen LogP contribution in [0.1, 0.15) is 12.8 Å². The van der Waals surface area contributed by atoms with Crippen molar-refractivity contribution in [1.82, 2.24) is 20.3 Å². The Kier molecular flexibility index (Phi) is 6.08. The number of hydrogen-bond acceptors (Lipinski definition) is 8. The van der Waals surface area contributed by atoms with Crippen LogP contribution in [0.5, 0.6) is 0 Å². The van der Waals surface area contributed by atoms with E-state index in [1.54, 1.807) is 6.07 Å². The molecule has 0 saturated carbocycles. The van der Waals surface area contributed by atoms with Crippen LogP contribution in [-0.4, -0.2) is 40.5 Å². The van der Waals surface area contributed by atoms with E-state index in [9.17, 15) is 9.18 Å². The van der Waals surface area contributed by atoms with Crippen LogP contribution in [-0.2, 0) is 4.79 Å². The highest BCUT2D eigenvalue weighted by molar-refractivity contribution is 7.22. The van der Waals surface area contributed by atoms with Gasteiger partial charge in [-0.2, -0.15) is 5.26 Å². The summed E-state index contributed by atoms with van der Waals surface area (Å²) >= 11 is 7.55. The molecule has 0 bridgehead atoms. The van der Waals surface area contributed by atoms with Gasteiger partial charge in [-0.15, -0.1) is 0 Å². The topological polar surface area (TPSA) is 121 Å². The SMILES string of the molecule is N#CCNC(=O)C1CCN(c2ncnc3c(F)c(-c4ccc(F)c5sc(N)nc45)c(Cl)cc23)CC1. The molecule has 0 atom stereocenters. The first-order valence-electron chi connectivity index (χ1n) is 10.8. The standard InChI is InChI=1S/C23H18ClF2N7OS/c24-14-9-13-18(17(26)16(14)12-1-2-15(25)20-19(12)32-23(28)35-20)30-10-31-21(13)33-7-3-11(4-8-33)22(34)29-6-5-27/h1-2,9-11H,3-4,6-8H2,(H2,28,32)(H,29,34). The van der Waals surface area contributed by atoms with Gasteiger partial charge in [0, 0.05) is 35.5 Å². The van der Waals surface area contributed by atoms with Gasteiger partial charge in [-0.25, -0.2) is 23.7 Å². The Balaban J connectivity index is 1.53. The molecule has 2 aromatic carbocycles. The van der Waals surface area contributed by atoms with Gasteiger partial charge in [-0.1, -0.05) is 22.9 Å². The number of carbonyl (C=O) groups is 1. The molecule has 12 heteroatoms. The fourth-order valence-electron chi connectivity index (χ4n) is 4.43. The van der Waals surface area contributed by atoms with Gasteiger partial charge in [0.1, 0.15) is 30.0 Å². The zero-order valence-corrected chi connectivity index (χ0v) is 19.8. The van der Waals surface area contributed by atoms with Crippen LogP contribution < -0.4 is 16.0 Å². The van der Waals surface area contributed by atoms with E-state index in [1.165, 1.54) is 18.5 Å². The Morgan fingerprint density at radius 2 is 2.06 bits per heavy atom. The van der Waals surface area contributed by atoms with E-state index in [0.29, 0.717) is 42.7 Å². The maximum absolute atomic E-state index is 15.9. The molecule has 0 unspecified atom stereocenters. The molecule has 0 aliphatic carbocycles. The highest BCUT2D eigenvalue weighted by Crippen LogP contribution is 2.42. The van der Waals surface area contributed by atoms with Crippen molar-refractivity contribution in [3.8, 4) is 17.2 Å². The van der Waals surface area contributed by atoms with E-state index in [1.807, 2.05) is 11.0 Å².